The van der Waals surface area contributed by atoms with Crippen molar-refractivity contribution in [2.45, 2.75) is 32.7 Å². The molecule has 6 heteroatoms. The third kappa shape index (κ3) is 5.18. The van der Waals surface area contributed by atoms with Gasteiger partial charge in [-0.05, 0) is 30.0 Å². The highest BCUT2D eigenvalue weighted by molar-refractivity contribution is 5.29. The lowest BCUT2D eigenvalue weighted by molar-refractivity contribution is -0.274. The van der Waals surface area contributed by atoms with Crippen molar-refractivity contribution in [3.05, 3.63) is 29.8 Å². The number of rotatable bonds is 5. The molecule has 3 nitrogen and oxygen atoms in total. The minimum absolute atomic E-state index is 0.167. The van der Waals surface area contributed by atoms with E-state index in [1.165, 1.54) is 12.1 Å². The summed E-state index contributed by atoms with van der Waals surface area (Å²) in [5.74, 6) is 0.353. The van der Waals surface area contributed by atoms with E-state index in [1.807, 2.05) is 0 Å². The molecular weight excluding hydrogens is 293 g/mol. The Morgan fingerprint density at radius 2 is 1.73 bits per heavy atom. The SMILES string of the molecule is CC(C)C[C@H](c1ccc(OC(F)(F)F)cc1)N1CCNCC1. The average molecular weight is 316 g/mol. The molecule has 0 bridgehead atoms. The molecule has 1 aromatic rings. The van der Waals surface area contributed by atoms with Crippen LogP contribution in [0.15, 0.2) is 24.3 Å². The summed E-state index contributed by atoms with van der Waals surface area (Å²) in [5, 5.41) is 3.32. The highest BCUT2D eigenvalue weighted by atomic mass is 19.4. The lowest BCUT2D eigenvalue weighted by Crippen LogP contribution is -2.45. The van der Waals surface area contributed by atoms with Crippen LogP contribution < -0.4 is 10.1 Å². The minimum Gasteiger partial charge on any atom is -0.406 e. The fraction of sp³-hybridized carbons (Fsp3) is 0.625. The second-order valence-corrected chi connectivity index (χ2v) is 6.05. The standard InChI is InChI=1S/C16H23F3N2O/c1-12(2)11-15(21-9-7-20-8-10-21)13-3-5-14(6-4-13)22-16(17,18)19/h3-6,12,15,20H,7-11H2,1-2H3/t15-/m1/s1. The van der Waals surface area contributed by atoms with E-state index < -0.39 is 6.36 Å². The molecule has 1 aromatic carbocycles. The Bertz CT molecular complexity index is 453. The average Bonchev–Trinajstić information content (AvgIpc) is 2.45. The first-order valence-electron chi connectivity index (χ1n) is 7.65. The maximum absolute atomic E-state index is 12.2. The van der Waals surface area contributed by atoms with E-state index in [0.717, 1.165) is 38.2 Å². The molecule has 0 saturated carbocycles. The normalized spacial score (nSPS) is 18.5. The van der Waals surface area contributed by atoms with Gasteiger partial charge in [0.25, 0.3) is 0 Å². The van der Waals surface area contributed by atoms with Crippen molar-refractivity contribution in [3.63, 3.8) is 0 Å². The van der Waals surface area contributed by atoms with Gasteiger partial charge >= 0.3 is 6.36 Å². The van der Waals surface area contributed by atoms with E-state index in [4.69, 9.17) is 0 Å². The van der Waals surface area contributed by atoms with Gasteiger partial charge in [0.2, 0.25) is 0 Å². The van der Waals surface area contributed by atoms with Crippen LogP contribution in [0, 0.1) is 5.92 Å². The van der Waals surface area contributed by atoms with Crippen molar-refractivity contribution in [2.75, 3.05) is 26.2 Å². The number of benzene rings is 1. The third-order valence-corrected chi connectivity index (χ3v) is 3.79. The fourth-order valence-corrected chi connectivity index (χ4v) is 2.83. The van der Waals surface area contributed by atoms with Gasteiger partial charge in [0, 0.05) is 32.2 Å². The number of ether oxygens (including phenoxy) is 1. The first kappa shape index (κ1) is 17.1. The van der Waals surface area contributed by atoms with Gasteiger partial charge in [-0.15, -0.1) is 13.2 Å². The molecule has 1 aliphatic heterocycles. The van der Waals surface area contributed by atoms with Crippen LogP contribution in [-0.4, -0.2) is 37.4 Å². The van der Waals surface area contributed by atoms with Gasteiger partial charge in [0.15, 0.2) is 0 Å². The second-order valence-electron chi connectivity index (χ2n) is 6.05. The van der Waals surface area contributed by atoms with Crippen LogP contribution in [0.3, 0.4) is 0 Å². The van der Waals surface area contributed by atoms with Crippen molar-refractivity contribution in [3.8, 4) is 5.75 Å². The van der Waals surface area contributed by atoms with Crippen LogP contribution in [0.25, 0.3) is 0 Å². The number of nitrogens with zero attached hydrogens (tertiary/aromatic N) is 1. The third-order valence-electron chi connectivity index (χ3n) is 3.79. The van der Waals surface area contributed by atoms with E-state index in [-0.39, 0.29) is 11.8 Å². The van der Waals surface area contributed by atoms with Crippen LogP contribution in [-0.2, 0) is 0 Å². The molecule has 1 aliphatic rings. The Morgan fingerprint density at radius 3 is 2.23 bits per heavy atom. The monoisotopic (exact) mass is 316 g/mol. The number of hydrogen-bond donors (Lipinski definition) is 1. The van der Waals surface area contributed by atoms with E-state index in [0.29, 0.717) is 5.92 Å². The van der Waals surface area contributed by atoms with Crippen molar-refractivity contribution < 1.29 is 17.9 Å². The number of halogens is 3. The van der Waals surface area contributed by atoms with Crippen LogP contribution in [0.5, 0.6) is 5.75 Å². The predicted octanol–water partition coefficient (Wildman–Crippen LogP) is 3.58. The first-order chi connectivity index (χ1) is 10.3. The zero-order valence-electron chi connectivity index (χ0n) is 13.0. The maximum Gasteiger partial charge on any atom is 0.573 e. The summed E-state index contributed by atoms with van der Waals surface area (Å²) in [6.07, 6.45) is -3.66. The quantitative estimate of drug-likeness (QED) is 0.898. The molecule has 0 unspecified atom stereocenters. The van der Waals surface area contributed by atoms with Crippen LogP contribution >= 0.6 is 0 Å². The molecule has 0 amide bonds. The highest BCUT2D eigenvalue weighted by Gasteiger charge is 2.31. The van der Waals surface area contributed by atoms with Crippen LogP contribution in [0.4, 0.5) is 13.2 Å². The van der Waals surface area contributed by atoms with Crippen molar-refractivity contribution >= 4 is 0 Å². The molecule has 1 heterocycles. The summed E-state index contributed by atoms with van der Waals surface area (Å²) in [4.78, 5) is 2.40. The molecule has 1 saturated heterocycles. The first-order valence-corrected chi connectivity index (χ1v) is 7.65. The zero-order chi connectivity index (χ0) is 16.2. The number of alkyl halides is 3. The van der Waals surface area contributed by atoms with Gasteiger partial charge in [0.1, 0.15) is 5.75 Å². The summed E-state index contributed by atoms with van der Waals surface area (Å²) in [6, 6.07) is 6.53. The molecule has 1 N–H and O–H groups in total. The molecule has 124 valence electrons. The number of piperazine rings is 1. The van der Waals surface area contributed by atoms with Gasteiger partial charge in [-0.1, -0.05) is 26.0 Å². The predicted molar refractivity (Wildman–Crippen MR) is 79.8 cm³/mol. The second kappa shape index (κ2) is 7.33. The smallest absolute Gasteiger partial charge is 0.406 e. The minimum atomic E-state index is -4.64. The largest absolute Gasteiger partial charge is 0.573 e. The van der Waals surface area contributed by atoms with Gasteiger partial charge < -0.3 is 10.1 Å². The molecule has 1 atom stereocenters. The van der Waals surface area contributed by atoms with E-state index in [1.54, 1.807) is 12.1 Å². The molecule has 0 spiro atoms. The molecule has 0 aromatic heterocycles. The van der Waals surface area contributed by atoms with Gasteiger partial charge in [0.05, 0.1) is 0 Å². The molecule has 0 aliphatic carbocycles. The number of hydrogen-bond acceptors (Lipinski definition) is 3. The van der Waals surface area contributed by atoms with Crippen LogP contribution in [0.2, 0.25) is 0 Å². The Balaban J connectivity index is 2.12. The van der Waals surface area contributed by atoms with Crippen molar-refractivity contribution in [1.29, 1.82) is 0 Å². The van der Waals surface area contributed by atoms with E-state index in [9.17, 15) is 13.2 Å². The summed E-state index contributed by atoms with van der Waals surface area (Å²) >= 11 is 0. The van der Waals surface area contributed by atoms with E-state index in [2.05, 4.69) is 28.8 Å². The Labute approximate surface area is 129 Å². The van der Waals surface area contributed by atoms with E-state index >= 15 is 0 Å². The highest BCUT2D eigenvalue weighted by Crippen LogP contribution is 2.30. The summed E-state index contributed by atoms with van der Waals surface area (Å²) in [5.41, 5.74) is 1.05. The Kier molecular flexibility index (Phi) is 5.69. The summed E-state index contributed by atoms with van der Waals surface area (Å²) in [7, 11) is 0. The molecule has 1 fully saturated rings. The molecule has 2 rings (SSSR count). The number of nitrogens with one attached hydrogen (secondary N) is 1. The topological polar surface area (TPSA) is 24.5 Å². The molecule has 0 radical (unpaired) electrons. The lowest BCUT2D eigenvalue weighted by atomic mass is 9.95. The molecule has 22 heavy (non-hydrogen) atoms. The van der Waals surface area contributed by atoms with Crippen molar-refractivity contribution in [1.82, 2.24) is 10.2 Å². The van der Waals surface area contributed by atoms with Gasteiger partial charge in [-0.2, -0.15) is 0 Å². The molecular formula is C16H23F3N2O. The zero-order valence-corrected chi connectivity index (χ0v) is 13.0. The lowest BCUT2D eigenvalue weighted by Gasteiger charge is -2.36. The Hall–Kier alpha value is -1.27. The van der Waals surface area contributed by atoms with Crippen LogP contribution in [0.1, 0.15) is 31.9 Å². The van der Waals surface area contributed by atoms with Gasteiger partial charge in [-0.3, -0.25) is 4.90 Å². The summed E-state index contributed by atoms with van der Waals surface area (Å²) < 4.78 is 40.6. The van der Waals surface area contributed by atoms with Crippen molar-refractivity contribution in [2.24, 2.45) is 5.92 Å². The summed E-state index contributed by atoms with van der Waals surface area (Å²) in [6.45, 7) is 8.14. The Morgan fingerprint density at radius 1 is 1.14 bits per heavy atom. The maximum atomic E-state index is 12.2. The van der Waals surface area contributed by atoms with Gasteiger partial charge in [-0.25, -0.2) is 0 Å². The fourth-order valence-electron chi connectivity index (χ4n) is 2.83.